The minimum absolute atomic E-state index is 0.239. The van der Waals surface area contributed by atoms with Crippen LogP contribution in [0.2, 0.25) is 0 Å². The predicted octanol–water partition coefficient (Wildman–Crippen LogP) is 2.92. The van der Waals surface area contributed by atoms with Crippen LogP contribution in [0.25, 0.3) is 0 Å². The van der Waals surface area contributed by atoms with Gasteiger partial charge in [0.2, 0.25) is 0 Å². The molecular formula is C13H14F2N2. The van der Waals surface area contributed by atoms with E-state index in [9.17, 15) is 14.0 Å². The quantitative estimate of drug-likeness (QED) is 0.875. The molecule has 0 saturated heterocycles. The van der Waals surface area contributed by atoms with Gasteiger partial charge in [0, 0.05) is 0 Å². The first-order valence-electron chi connectivity index (χ1n) is 5.66. The first-order valence-corrected chi connectivity index (χ1v) is 5.66. The maximum Gasteiger partial charge on any atom is 0.159 e. The van der Waals surface area contributed by atoms with Crippen LogP contribution in [-0.2, 0) is 0 Å². The lowest BCUT2D eigenvalue weighted by atomic mass is 9.63. The number of halogens is 2. The third-order valence-corrected chi connectivity index (χ3v) is 3.59. The van der Waals surface area contributed by atoms with E-state index >= 15 is 0 Å². The number of nitrogens with zero attached hydrogens (tertiary/aromatic N) is 1. The second kappa shape index (κ2) is 4.42. The van der Waals surface area contributed by atoms with Crippen molar-refractivity contribution in [3.8, 4) is 6.07 Å². The van der Waals surface area contributed by atoms with Gasteiger partial charge >= 0.3 is 0 Å². The Kier molecular flexibility index (Phi) is 3.12. The van der Waals surface area contributed by atoms with Gasteiger partial charge in [0.15, 0.2) is 11.6 Å². The molecule has 1 aromatic rings. The smallest absolute Gasteiger partial charge is 0.159 e. The van der Waals surface area contributed by atoms with Crippen molar-refractivity contribution in [2.24, 2.45) is 5.41 Å². The lowest BCUT2D eigenvalue weighted by Crippen LogP contribution is -2.40. The van der Waals surface area contributed by atoms with Crippen LogP contribution in [0.3, 0.4) is 0 Å². The van der Waals surface area contributed by atoms with Crippen LogP contribution in [-0.4, -0.2) is 7.05 Å². The molecule has 0 amide bonds. The minimum atomic E-state index is -0.866. The summed E-state index contributed by atoms with van der Waals surface area (Å²) in [7, 11) is 1.74. The van der Waals surface area contributed by atoms with Gasteiger partial charge in [-0.3, -0.25) is 0 Å². The first kappa shape index (κ1) is 12.0. The topological polar surface area (TPSA) is 35.8 Å². The Labute approximate surface area is 99.3 Å². The SMILES string of the molecule is CNC(c1ccc(F)c(F)c1)C1(C#N)CCC1. The maximum absolute atomic E-state index is 13.2. The summed E-state index contributed by atoms with van der Waals surface area (Å²) in [5.74, 6) is -1.72. The van der Waals surface area contributed by atoms with E-state index in [0.717, 1.165) is 25.3 Å². The Balaban J connectivity index is 2.36. The normalized spacial score (nSPS) is 19.2. The summed E-state index contributed by atoms with van der Waals surface area (Å²) < 4.78 is 26.1. The second-order valence-electron chi connectivity index (χ2n) is 4.52. The Bertz CT molecular complexity index is 461. The highest BCUT2D eigenvalue weighted by Gasteiger charge is 2.44. The monoisotopic (exact) mass is 236 g/mol. The van der Waals surface area contributed by atoms with Crippen molar-refractivity contribution in [3.63, 3.8) is 0 Å². The molecule has 1 aliphatic carbocycles. The number of nitrogens with one attached hydrogen (secondary N) is 1. The fourth-order valence-electron chi connectivity index (χ4n) is 2.48. The molecule has 1 aliphatic rings. The Morgan fingerprint density at radius 2 is 2.06 bits per heavy atom. The average Bonchev–Trinajstić information content (AvgIpc) is 2.27. The lowest BCUT2D eigenvalue weighted by molar-refractivity contribution is 0.148. The maximum atomic E-state index is 13.2. The molecule has 1 atom stereocenters. The molecule has 90 valence electrons. The fraction of sp³-hybridized carbons (Fsp3) is 0.462. The van der Waals surface area contributed by atoms with E-state index in [4.69, 9.17) is 0 Å². The van der Waals surface area contributed by atoms with Crippen LogP contribution in [0, 0.1) is 28.4 Å². The van der Waals surface area contributed by atoms with E-state index < -0.39 is 17.0 Å². The van der Waals surface area contributed by atoms with Crippen molar-refractivity contribution in [2.45, 2.75) is 25.3 Å². The van der Waals surface area contributed by atoms with Crippen molar-refractivity contribution < 1.29 is 8.78 Å². The van der Waals surface area contributed by atoms with Crippen LogP contribution in [0.5, 0.6) is 0 Å². The summed E-state index contributed by atoms with van der Waals surface area (Å²) in [6.45, 7) is 0. The Morgan fingerprint density at radius 1 is 1.35 bits per heavy atom. The highest BCUT2D eigenvalue weighted by Crippen LogP contribution is 2.49. The van der Waals surface area contributed by atoms with Crippen molar-refractivity contribution in [2.75, 3.05) is 7.05 Å². The van der Waals surface area contributed by atoms with E-state index in [2.05, 4.69) is 11.4 Å². The van der Waals surface area contributed by atoms with Crippen molar-refractivity contribution in [1.82, 2.24) is 5.32 Å². The van der Waals surface area contributed by atoms with Crippen LogP contribution in [0.1, 0.15) is 30.9 Å². The number of hydrogen-bond acceptors (Lipinski definition) is 2. The van der Waals surface area contributed by atoms with Gasteiger partial charge in [-0.25, -0.2) is 8.78 Å². The number of hydrogen-bond donors (Lipinski definition) is 1. The largest absolute Gasteiger partial charge is 0.312 e. The molecule has 0 heterocycles. The van der Waals surface area contributed by atoms with Gasteiger partial charge in [0.05, 0.1) is 17.5 Å². The fourth-order valence-corrected chi connectivity index (χ4v) is 2.48. The highest BCUT2D eigenvalue weighted by atomic mass is 19.2. The van der Waals surface area contributed by atoms with Crippen LogP contribution in [0.4, 0.5) is 8.78 Å². The molecule has 4 heteroatoms. The van der Waals surface area contributed by atoms with E-state index in [1.165, 1.54) is 12.1 Å². The Morgan fingerprint density at radius 3 is 2.47 bits per heavy atom. The van der Waals surface area contributed by atoms with Crippen LogP contribution in [0.15, 0.2) is 18.2 Å². The molecule has 2 nitrogen and oxygen atoms in total. The number of rotatable bonds is 3. The molecule has 0 aromatic heterocycles. The van der Waals surface area contributed by atoms with E-state index in [-0.39, 0.29) is 6.04 Å². The zero-order valence-electron chi connectivity index (χ0n) is 9.63. The third kappa shape index (κ3) is 1.91. The second-order valence-corrected chi connectivity index (χ2v) is 4.52. The standard InChI is InChI=1S/C13H14F2N2/c1-17-12(13(8-16)5-2-6-13)9-3-4-10(14)11(15)7-9/h3-4,7,12,17H,2,5-6H2,1H3. The number of benzene rings is 1. The van der Waals surface area contributed by atoms with E-state index in [1.807, 2.05) is 0 Å². The first-order chi connectivity index (χ1) is 8.13. The summed E-state index contributed by atoms with van der Waals surface area (Å²) in [5, 5.41) is 12.3. The van der Waals surface area contributed by atoms with Gasteiger partial charge < -0.3 is 5.32 Å². The van der Waals surface area contributed by atoms with Gasteiger partial charge in [0.1, 0.15) is 0 Å². The number of nitriles is 1. The van der Waals surface area contributed by atoms with Crippen LogP contribution >= 0.6 is 0 Å². The molecule has 17 heavy (non-hydrogen) atoms. The Hall–Kier alpha value is -1.47. The molecule has 1 N–H and O–H groups in total. The molecular weight excluding hydrogens is 222 g/mol. The summed E-state index contributed by atoms with van der Waals surface area (Å²) in [6, 6.07) is 5.90. The third-order valence-electron chi connectivity index (χ3n) is 3.59. The minimum Gasteiger partial charge on any atom is -0.312 e. The molecule has 0 bridgehead atoms. The summed E-state index contributed by atoms with van der Waals surface area (Å²) in [6.07, 6.45) is 2.61. The van der Waals surface area contributed by atoms with Crippen molar-refractivity contribution in [3.05, 3.63) is 35.4 Å². The molecule has 1 fully saturated rings. The molecule has 0 spiro atoms. The molecule has 2 rings (SSSR count). The van der Waals surface area contributed by atoms with Gasteiger partial charge in [-0.1, -0.05) is 12.5 Å². The van der Waals surface area contributed by atoms with Gasteiger partial charge in [-0.15, -0.1) is 0 Å². The van der Waals surface area contributed by atoms with Gasteiger partial charge in [-0.05, 0) is 37.6 Å². The average molecular weight is 236 g/mol. The highest BCUT2D eigenvalue weighted by molar-refractivity contribution is 5.27. The molecule has 1 aromatic carbocycles. The summed E-state index contributed by atoms with van der Waals surface area (Å²) in [4.78, 5) is 0. The molecule has 1 unspecified atom stereocenters. The van der Waals surface area contributed by atoms with E-state index in [1.54, 1.807) is 7.05 Å². The van der Waals surface area contributed by atoms with Gasteiger partial charge in [0.25, 0.3) is 0 Å². The van der Waals surface area contributed by atoms with E-state index in [0.29, 0.717) is 5.56 Å². The zero-order chi connectivity index (χ0) is 12.5. The van der Waals surface area contributed by atoms with Gasteiger partial charge in [-0.2, -0.15) is 5.26 Å². The molecule has 1 saturated carbocycles. The molecule has 0 radical (unpaired) electrons. The summed E-state index contributed by atoms with van der Waals surface area (Å²) in [5.41, 5.74) is 0.159. The van der Waals surface area contributed by atoms with Crippen molar-refractivity contribution >= 4 is 0 Å². The summed E-state index contributed by atoms with van der Waals surface area (Å²) >= 11 is 0. The predicted molar refractivity (Wildman–Crippen MR) is 60.1 cm³/mol. The molecule has 0 aliphatic heterocycles. The lowest BCUT2D eigenvalue weighted by Gasteiger charge is -2.42. The van der Waals surface area contributed by atoms with Crippen LogP contribution < -0.4 is 5.32 Å². The van der Waals surface area contributed by atoms with Crippen molar-refractivity contribution in [1.29, 1.82) is 5.26 Å². The zero-order valence-corrected chi connectivity index (χ0v) is 9.63.